The van der Waals surface area contributed by atoms with Gasteiger partial charge in [-0.15, -0.1) is 0 Å². The van der Waals surface area contributed by atoms with E-state index in [0.29, 0.717) is 23.4 Å². The van der Waals surface area contributed by atoms with Gasteiger partial charge in [-0.1, -0.05) is 84.9 Å². The third kappa shape index (κ3) is 9.21. The summed E-state index contributed by atoms with van der Waals surface area (Å²) in [5, 5.41) is 18.2. The SMILES string of the molecule is COC(=O)c1ccc(C2=Nc3cc(-c4ccc5nc(-c6ccc(C(=O)OC)cc6)[nH]c5c4)ccc3C2)cc1.O=C(O)c1ccc(C2=Nc3cc(-c4ccc5nc(-c6ccc(C(=O)O)cc6)[nH]c5c4)ccc3C2)cc1. The highest BCUT2D eigenvalue weighted by Gasteiger charge is 2.20. The van der Waals surface area contributed by atoms with E-state index < -0.39 is 11.9 Å². The first-order chi connectivity index (χ1) is 36.0. The number of rotatable bonds is 10. The Hall–Kier alpha value is -10.1. The van der Waals surface area contributed by atoms with E-state index in [1.807, 2.05) is 48.5 Å². The first kappa shape index (κ1) is 46.3. The number of methoxy groups -OCH3 is 2. The molecular formula is C60H42N6O8. The molecule has 0 bridgehead atoms. The monoisotopic (exact) mass is 974 g/mol. The molecule has 0 saturated carbocycles. The Morgan fingerprint density at radius 2 is 0.730 bits per heavy atom. The van der Waals surface area contributed by atoms with E-state index in [1.165, 1.54) is 19.8 Å². The molecule has 4 N–H and O–H groups in total. The van der Waals surface area contributed by atoms with Crippen molar-refractivity contribution in [3.05, 3.63) is 214 Å². The van der Waals surface area contributed by atoms with Gasteiger partial charge in [0.2, 0.25) is 0 Å². The smallest absolute Gasteiger partial charge is 0.337 e. The summed E-state index contributed by atoms with van der Waals surface area (Å²) in [5.41, 5.74) is 18.8. The van der Waals surface area contributed by atoms with Gasteiger partial charge in [0, 0.05) is 24.0 Å². The number of imidazole rings is 2. The molecule has 14 heteroatoms. The number of nitrogens with zero attached hydrogens (tertiary/aromatic N) is 4. The number of hydrogen-bond acceptors (Lipinski definition) is 10. The molecule has 74 heavy (non-hydrogen) atoms. The van der Waals surface area contributed by atoms with Crippen molar-refractivity contribution < 1.29 is 38.9 Å². The molecule has 2 aliphatic rings. The van der Waals surface area contributed by atoms with Gasteiger partial charge in [0.05, 0.1) is 81.3 Å². The molecule has 0 spiro atoms. The zero-order valence-corrected chi connectivity index (χ0v) is 39.7. The van der Waals surface area contributed by atoms with Crippen molar-refractivity contribution in [3.63, 3.8) is 0 Å². The van der Waals surface area contributed by atoms with Crippen LogP contribution >= 0.6 is 0 Å². The Morgan fingerprint density at radius 1 is 0.405 bits per heavy atom. The van der Waals surface area contributed by atoms with Crippen molar-refractivity contribution in [1.29, 1.82) is 0 Å². The van der Waals surface area contributed by atoms with Gasteiger partial charge in [0.1, 0.15) is 11.6 Å². The van der Waals surface area contributed by atoms with Gasteiger partial charge in [-0.3, -0.25) is 9.98 Å². The summed E-state index contributed by atoms with van der Waals surface area (Å²) in [6.07, 6.45) is 1.44. The number of fused-ring (bicyclic) bond motifs is 4. The van der Waals surface area contributed by atoms with Gasteiger partial charge >= 0.3 is 23.9 Å². The first-order valence-corrected chi connectivity index (χ1v) is 23.4. The quantitative estimate of drug-likeness (QED) is 0.0953. The van der Waals surface area contributed by atoms with Crippen LogP contribution in [0.1, 0.15) is 63.7 Å². The predicted octanol–water partition coefficient (Wildman–Crippen LogP) is 12.1. The lowest BCUT2D eigenvalue weighted by molar-refractivity contribution is 0.0592. The van der Waals surface area contributed by atoms with Gasteiger partial charge in [0.15, 0.2) is 0 Å². The molecule has 2 aliphatic heterocycles. The molecule has 0 unspecified atom stereocenters. The van der Waals surface area contributed by atoms with Crippen molar-refractivity contribution in [3.8, 4) is 45.0 Å². The van der Waals surface area contributed by atoms with Crippen molar-refractivity contribution in [2.24, 2.45) is 9.98 Å². The summed E-state index contributed by atoms with van der Waals surface area (Å²) in [7, 11) is 2.74. The number of aromatic carboxylic acids is 2. The van der Waals surface area contributed by atoms with Crippen LogP contribution in [-0.4, -0.2) is 79.7 Å². The lowest BCUT2D eigenvalue weighted by atomic mass is 9.99. The summed E-state index contributed by atoms with van der Waals surface area (Å²) in [6.45, 7) is 0. The van der Waals surface area contributed by atoms with Crippen LogP contribution in [-0.2, 0) is 22.3 Å². The fourth-order valence-corrected chi connectivity index (χ4v) is 9.08. The number of aromatic nitrogens is 4. The van der Waals surface area contributed by atoms with E-state index in [2.05, 4.69) is 63.5 Å². The number of benzene rings is 8. The standard InChI is InChI=1S/C31H23N3O4.C29H19N3O4/c1-37-30(35)20-7-3-18(4-8-20)26-17-24-12-11-22(15-27(24)32-26)23-13-14-25-28(16-23)34-29(33-25)19-5-9-21(10-6-19)31(36)38-2;33-28(34)18-5-1-16(2-6-18)24-15-22-10-9-20(13-25(22)30-24)21-11-12-23-26(14-21)32-27(31-23)17-3-7-19(8-4-17)29(35)36/h3-16H,17H2,1-2H3,(H,33,34);1-14H,15H2,(H,31,32)(H,33,34)(H,35,36). The van der Waals surface area contributed by atoms with Gasteiger partial charge in [0.25, 0.3) is 0 Å². The number of carboxylic acids is 2. The number of carboxylic acid groups (broad SMARTS) is 2. The van der Waals surface area contributed by atoms with Crippen LogP contribution in [0, 0.1) is 0 Å². The van der Waals surface area contributed by atoms with Crippen molar-refractivity contribution in [2.75, 3.05) is 14.2 Å². The van der Waals surface area contributed by atoms with E-state index >= 15 is 0 Å². The minimum absolute atomic E-state index is 0.233. The highest BCUT2D eigenvalue weighted by molar-refractivity contribution is 6.08. The molecule has 14 nitrogen and oxygen atoms in total. The maximum Gasteiger partial charge on any atom is 0.337 e. The van der Waals surface area contributed by atoms with Crippen molar-refractivity contribution >= 4 is 68.7 Å². The van der Waals surface area contributed by atoms with Gasteiger partial charge in [-0.25, -0.2) is 29.1 Å². The second-order valence-corrected chi connectivity index (χ2v) is 17.7. The number of esters is 2. The van der Waals surface area contributed by atoms with Crippen LogP contribution in [0.5, 0.6) is 0 Å². The average Bonchev–Trinajstić information content (AvgIpc) is 4.27. The summed E-state index contributed by atoms with van der Waals surface area (Å²) >= 11 is 0. The zero-order valence-electron chi connectivity index (χ0n) is 39.7. The minimum Gasteiger partial charge on any atom is -0.478 e. The van der Waals surface area contributed by atoms with Gasteiger partial charge < -0.3 is 29.7 Å². The average molecular weight is 975 g/mol. The second kappa shape index (κ2) is 19.3. The Kier molecular flexibility index (Phi) is 12.1. The second-order valence-electron chi connectivity index (χ2n) is 17.7. The van der Waals surface area contributed by atoms with E-state index in [0.717, 1.165) is 107 Å². The van der Waals surface area contributed by atoms with Crippen LogP contribution in [0.3, 0.4) is 0 Å². The molecule has 0 radical (unpaired) electrons. The molecule has 0 fully saturated rings. The van der Waals surface area contributed by atoms with E-state index in [9.17, 15) is 19.2 Å². The molecular weight excluding hydrogens is 933 g/mol. The number of carbonyl (C=O) groups excluding carboxylic acids is 2. The van der Waals surface area contributed by atoms with E-state index in [-0.39, 0.29) is 23.1 Å². The highest BCUT2D eigenvalue weighted by Crippen LogP contribution is 2.37. The van der Waals surface area contributed by atoms with Crippen LogP contribution in [0.25, 0.3) is 67.1 Å². The number of hydrogen-bond donors (Lipinski definition) is 4. The number of aliphatic imine (C=N–C) groups is 2. The molecule has 360 valence electrons. The number of ether oxygens (including phenoxy) is 2. The summed E-state index contributed by atoms with van der Waals surface area (Å²) < 4.78 is 9.55. The fraction of sp³-hybridized carbons (Fsp3) is 0.0667. The maximum absolute atomic E-state index is 11.7. The van der Waals surface area contributed by atoms with Crippen molar-refractivity contribution in [1.82, 2.24) is 19.9 Å². The number of H-pyrrole nitrogens is 2. The normalized spacial score (nSPS) is 12.3. The van der Waals surface area contributed by atoms with Gasteiger partial charge in [-0.05, 0) is 129 Å². The fourth-order valence-electron chi connectivity index (χ4n) is 9.08. The first-order valence-electron chi connectivity index (χ1n) is 23.4. The molecule has 2 aromatic heterocycles. The van der Waals surface area contributed by atoms with Crippen LogP contribution in [0.15, 0.2) is 180 Å². The summed E-state index contributed by atoms with van der Waals surface area (Å²) in [6, 6.07) is 52.6. The van der Waals surface area contributed by atoms with E-state index in [4.69, 9.17) is 34.7 Å². The predicted molar refractivity (Wildman–Crippen MR) is 283 cm³/mol. The van der Waals surface area contributed by atoms with Crippen LogP contribution < -0.4 is 0 Å². The summed E-state index contributed by atoms with van der Waals surface area (Å²) in [5.74, 6) is -1.21. The number of nitrogens with one attached hydrogen (secondary N) is 2. The van der Waals surface area contributed by atoms with Crippen LogP contribution in [0.2, 0.25) is 0 Å². The largest absolute Gasteiger partial charge is 0.478 e. The highest BCUT2D eigenvalue weighted by atomic mass is 16.5. The van der Waals surface area contributed by atoms with Crippen molar-refractivity contribution in [2.45, 2.75) is 12.8 Å². The third-order valence-electron chi connectivity index (χ3n) is 13.1. The maximum atomic E-state index is 11.7. The molecule has 0 saturated heterocycles. The third-order valence-corrected chi connectivity index (χ3v) is 13.1. The Bertz CT molecular complexity index is 3950. The molecule has 12 rings (SSSR count). The zero-order chi connectivity index (χ0) is 51.0. The Balaban J connectivity index is 0.000000159. The lowest BCUT2D eigenvalue weighted by Gasteiger charge is -2.04. The molecule has 0 atom stereocenters. The number of aromatic amines is 2. The molecule has 4 heterocycles. The minimum atomic E-state index is -0.960. The van der Waals surface area contributed by atoms with Crippen LogP contribution in [0.4, 0.5) is 11.4 Å². The van der Waals surface area contributed by atoms with E-state index in [1.54, 1.807) is 72.8 Å². The topological polar surface area (TPSA) is 209 Å². The Labute approximate surface area is 422 Å². The Morgan fingerprint density at radius 3 is 1.09 bits per heavy atom. The molecule has 8 aromatic carbocycles. The lowest BCUT2D eigenvalue weighted by Crippen LogP contribution is -2.04. The van der Waals surface area contributed by atoms with Gasteiger partial charge in [-0.2, -0.15) is 0 Å². The number of carbonyl (C=O) groups is 4. The molecule has 10 aromatic rings. The summed E-state index contributed by atoms with van der Waals surface area (Å²) in [4.78, 5) is 71.4. The molecule has 0 amide bonds. The molecule has 0 aliphatic carbocycles.